The Hall–Kier alpha value is -2.28. The first-order chi connectivity index (χ1) is 9.85. The van der Waals surface area contributed by atoms with Crippen LogP contribution in [0.3, 0.4) is 0 Å². The topological polar surface area (TPSA) is 94.2 Å². The number of carbonyl (C=O) groups excluding carboxylic acids is 1. The van der Waals surface area contributed by atoms with Gasteiger partial charge in [-0.2, -0.15) is 0 Å². The SMILES string of the molecule is Cc1cc(Br)cc(NC(=O)Nc2cc(C)[nH]c2C(=O)O)c1. The molecule has 4 N–H and O–H groups in total. The van der Waals surface area contributed by atoms with Crippen LogP contribution in [-0.4, -0.2) is 22.1 Å². The van der Waals surface area contributed by atoms with Gasteiger partial charge in [0.25, 0.3) is 0 Å². The van der Waals surface area contributed by atoms with Crippen molar-refractivity contribution in [1.82, 2.24) is 4.98 Å². The summed E-state index contributed by atoms with van der Waals surface area (Å²) in [7, 11) is 0. The van der Waals surface area contributed by atoms with E-state index in [9.17, 15) is 9.59 Å². The summed E-state index contributed by atoms with van der Waals surface area (Å²) in [5, 5.41) is 14.2. The van der Waals surface area contributed by atoms with Crippen LogP contribution in [0.5, 0.6) is 0 Å². The Morgan fingerprint density at radius 2 is 1.86 bits per heavy atom. The van der Waals surface area contributed by atoms with Crippen molar-refractivity contribution in [3.05, 3.63) is 45.7 Å². The molecule has 1 heterocycles. The van der Waals surface area contributed by atoms with Crippen molar-refractivity contribution < 1.29 is 14.7 Å². The molecule has 0 aliphatic carbocycles. The highest BCUT2D eigenvalue weighted by Gasteiger charge is 2.15. The summed E-state index contributed by atoms with van der Waals surface area (Å²) in [5.74, 6) is -1.13. The van der Waals surface area contributed by atoms with E-state index in [1.54, 1.807) is 19.1 Å². The number of urea groups is 1. The van der Waals surface area contributed by atoms with Crippen molar-refractivity contribution in [2.75, 3.05) is 10.6 Å². The van der Waals surface area contributed by atoms with E-state index in [1.807, 2.05) is 19.1 Å². The van der Waals surface area contributed by atoms with Crippen molar-refractivity contribution in [3.63, 3.8) is 0 Å². The van der Waals surface area contributed by atoms with Crippen molar-refractivity contribution >= 4 is 39.3 Å². The Morgan fingerprint density at radius 1 is 1.14 bits per heavy atom. The number of H-pyrrole nitrogens is 1. The number of anilines is 2. The smallest absolute Gasteiger partial charge is 0.354 e. The van der Waals surface area contributed by atoms with E-state index in [2.05, 4.69) is 31.5 Å². The van der Waals surface area contributed by atoms with Gasteiger partial charge in [0.15, 0.2) is 0 Å². The van der Waals surface area contributed by atoms with Gasteiger partial charge in [0.2, 0.25) is 0 Å². The molecule has 110 valence electrons. The highest BCUT2D eigenvalue weighted by atomic mass is 79.9. The zero-order valence-corrected chi connectivity index (χ0v) is 13.0. The molecule has 1 aromatic carbocycles. The van der Waals surface area contributed by atoms with Gasteiger partial charge in [-0.3, -0.25) is 0 Å². The van der Waals surface area contributed by atoms with Crippen LogP contribution in [0.1, 0.15) is 21.7 Å². The Morgan fingerprint density at radius 3 is 2.48 bits per heavy atom. The summed E-state index contributed by atoms with van der Waals surface area (Å²) in [6, 6.07) is 6.54. The summed E-state index contributed by atoms with van der Waals surface area (Å²) in [5.41, 5.74) is 2.44. The first kappa shape index (κ1) is 15.1. The molecule has 0 spiro atoms. The Balaban J connectivity index is 2.13. The average Bonchev–Trinajstić information content (AvgIpc) is 2.68. The Labute approximate surface area is 129 Å². The molecular formula is C14H14BrN3O3. The molecule has 21 heavy (non-hydrogen) atoms. The molecule has 2 rings (SSSR count). The molecule has 6 nitrogen and oxygen atoms in total. The second kappa shape index (κ2) is 6.01. The molecule has 0 radical (unpaired) electrons. The second-order valence-corrected chi connectivity index (χ2v) is 5.56. The minimum absolute atomic E-state index is 0.0481. The second-order valence-electron chi connectivity index (χ2n) is 4.64. The molecule has 0 aliphatic heterocycles. The molecule has 2 aromatic rings. The fourth-order valence-electron chi connectivity index (χ4n) is 1.95. The monoisotopic (exact) mass is 351 g/mol. The third-order valence-corrected chi connectivity index (χ3v) is 3.17. The third kappa shape index (κ3) is 3.85. The number of amides is 2. The number of aromatic nitrogens is 1. The number of carboxylic acids is 1. The van der Waals surface area contributed by atoms with Crippen LogP contribution < -0.4 is 10.6 Å². The zero-order valence-electron chi connectivity index (χ0n) is 11.5. The van der Waals surface area contributed by atoms with Gasteiger partial charge >= 0.3 is 12.0 Å². The van der Waals surface area contributed by atoms with Crippen molar-refractivity contribution in [2.45, 2.75) is 13.8 Å². The molecule has 0 fully saturated rings. The summed E-state index contributed by atoms with van der Waals surface area (Å²) in [6.45, 7) is 3.62. The van der Waals surface area contributed by atoms with Crippen molar-refractivity contribution in [3.8, 4) is 0 Å². The van der Waals surface area contributed by atoms with Crippen molar-refractivity contribution in [1.29, 1.82) is 0 Å². The van der Waals surface area contributed by atoms with Gasteiger partial charge in [0.1, 0.15) is 5.69 Å². The average molecular weight is 352 g/mol. The molecular weight excluding hydrogens is 338 g/mol. The van der Waals surface area contributed by atoms with E-state index >= 15 is 0 Å². The lowest BCUT2D eigenvalue weighted by molar-refractivity contribution is 0.0692. The number of aromatic carboxylic acids is 1. The highest BCUT2D eigenvalue weighted by molar-refractivity contribution is 9.10. The van der Waals surface area contributed by atoms with Gasteiger partial charge in [0.05, 0.1) is 5.69 Å². The number of carbonyl (C=O) groups is 2. The first-order valence-corrected chi connectivity index (χ1v) is 6.92. The van der Waals surface area contributed by atoms with Gasteiger partial charge in [0, 0.05) is 15.9 Å². The van der Waals surface area contributed by atoms with E-state index < -0.39 is 12.0 Å². The van der Waals surface area contributed by atoms with Crippen LogP contribution in [0, 0.1) is 13.8 Å². The molecule has 7 heteroatoms. The number of nitrogens with one attached hydrogen (secondary N) is 3. The molecule has 0 unspecified atom stereocenters. The molecule has 0 saturated heterocycles. The van der Waals surface area contributed by atoms with Crippen molar-refractivity contribution in [2.24, 2.45) is 0 Å². The molecule has 0 aliphatic rings. The van der Waals surface area contributed by atoms with E-state index in [4.69, 9.17) is 5.11 Å². The lowest BCUT2D eigenvalue weighted by Crippen LogP contribution is -2.20. The fourth-order valence-corrected chi connectivity index (χ4v) is 2.56. The molecule has 0 bridgehead atoms. The van der Waals surface area contributed by atoms with E-state index in [1.165, 1.54) is 0 Å². The summed E-state index contributed by atoms with van der Waals surface area (Å²) >= 11 is 3.35. The molecule has 0 atom stereocenters. The van der Waals surface area contributed by atoms with Gasteiger partial charge < -0.3 is 20.7 Å². The number of benzene rings is 1. The van der Waals surface area contributed by atoms with E-state index in [0.29, 0.717) is 11.4 Å². The van der Waals surface area contributed by atoms with Crippen LogP contribution >= 0.6 is 15.9 Å². The molecule has 2 amide bonds. The standard InChI is InChI=1S/C14H14BrN3O3/c1-7-3-9(15)6-10(4-7)17-14(21)18-11-5-8(2)16-12(11)13(19)20/h3-6,16H,1-2H3,(H,19,20)(H2,17,18,21). The van der Waals surface area contributed by atoms with Gasteiger partial charge in [-0.1, -0.05) is 15.9 Å². The largest absolute Gasteiger partial charge is 0.477 e. The minimum atomic E-state index is -1.13. The highest BCUT2D eigenvalue weighted by Crippen LogP contribution is 2.20. The third-order valence-electron chi connectivity index (χ3n) is 2.71. The Kier molecular flexibility index (Phi) is 4.32. The van der Waals surface area contributed by atoms with E-state index in [0.717, 1.165) is 10.0 Å². The van der Waals surface area contributed by atoms with Gasteiger partial charge in [-0.25, -0.2) is 9.59 Å². The number of halogens is 1. The lowest BCUT2D eigenvalue weighted by atomic mass is 10.2. The van der Waals surface area contributed by atoms with Crippen LogP contribution in [0.25, 0.3) is 0 Å². The summed E-state index contributed by atoms with van der Waals surface area (Å²) in [4.78, 5) is 25.7. The number of carboxylic acid groups (broad SMARTS) is 1. The predicted molar refractivity (Wildman–Crippen MR) is 84.0 cm³/mol. The number of rotatable bonds is 3. The summed E-state index contributed by atoms with van der Waals surface area (Å²) in [6.07, 6.45) is 0. The van der Waals surface area contributed by atoms with Crippen LogP contribution in [0.15, 0.2) is 28.7 Å². The minimum Gasteiger partial charge on any atom is -0.477 e. The maximum atomic E-state index is 11.9. The maximum absolute atomic E-state index is 11.9. The van der Waals surface area contributed by atoms with Gasteiger partial charge in [-0.15, -0.1) is 0 Å². The summed E-state index contributed by atoms with van der Waals surface area (Å²) < 4.78 is 0.849. The molecule has 0 saturated carbocycles. The van der Waals surface area contributed by atoms with Crippen LogP contribution in [0.4, 0.5) is 16.2 Å². The fraction of sp³-hybridized carbons (Fsp3) is 0.143. The number of hydrogen-bond donors (Lipinski definition) is 4. The zero-order chi connectivity index (χ0) is 15.6. The number of aromatic amines is 1. The molecule has 1 aromatic heterocycles. The number of aryl methyl sites for hydroxylation is 2. The lowest BCUT2D eigenvalue weighted by Gasteiger charge is -2.08. The predicted octanol–water partition coefficient (Wildman–Crippen LogP) is 3.74. The van der Waals surface area contributed by atoms with Crippen LogP contribution in [-0.2, 0) is 0 Å². The first-order valence-electron chi connectivity index (χ1n) is 6.13. The Bertz CT molecular complexity index is 689. The van der Waals surface area contributed by atoms with Crippen LogP contribution in [0.2, 0.25) is 0 Å². The quantitative estimate of drug-likeness (QED) is 0.678. The maximum Gasteiger partial charge on any atom is 0.354 e. The number of hydrogen-bond acceptors (Lipinski definition) is 2. The van der Waals surface area contributed by atoms with Gasteiger partial charge in [-0.05, 0) is 43.7 Å². The van der Waals surface area contributed by atoms with E-state index in [-0.39, 0.29) is 11.4 Å². The normalized spacial score (nSPS) is 10.2.